The van der Waals surface area contributed by atoms with Crippen molar-refractivity contribution in [2.75, 3.05) is 44.7 Å². The van der Waals surface area contributed by atoms with E-state index in [0.29, 0.717) is 28.6 Å². The number of ether oxygens (including phenoxy) is 1. The minimum absolute atomic E-state index is 0.134. The first-order valence-electron chi connectivity index (χ1n) is 12.7. The van der Waals surface area contributed by atoms with E-state index >= 15 is 0 Å². The van der Waals surface area contributed by atoms with Crippen molar-refractivity contribution in [3.8, 4) is 22.6 Å². The smallest absolute Gasteiger partial charge is 0.257 e. The standard InChI is InChI=1S/C30H30ClN5O2/c1-3-38-24-15-13-22(14-16-24)25-21-28(37)36(23-9-5-4-6-10-23)30(35-19-17-34(2)18-20-35)29(25)33-32-27-12-8-7-11-26(27)31/h4-16,21H,3,17-20H2,1-2H3. The number of likely N-dealkylation sites (N-methyl/N-ethyl adjacent to an activating group) is 1. The Morgan fingerprint density at radius 3 is 2.24 bits per heavy atom. The maximum absolute atomic E-state index is 13.8. The molecule has 8 heteroatoms. The Morgan fingerprint density at radius 2 is 1.55 bits per heavy atom. The first kappa shape index (κ1) is 25.7. The highest BCUT2D eigenvalue weighted by molar-refractivity contribution is 6.32. The van der Waals surface area contributed by atoms with Crippen LogP contribution in [0.4, 0.5) is 17.2 Å². The zero-order valence-corrected chi connectivity index (χ0v) is 22.3. The SMILES string of the molecule is CCOc1ccc(-c2cc(=O)n(-c3ccccc3)c(N3CCN(C)CC3)c2N=Nc2ccccc2Cl)cc1. The molecule has 2 heterocycles. The molecule has 1 aliphatic heterocycles. The molecule has 7 nitrogen and oxygen atoms in total. The highest BCUT2D eigenvalue weighted by Gasteiger charge is 2.25. The van der Waals surface area contributed by atoms with Gasteiger partial charge < -0.3 is 14.5 Å². The molecule has 0 spiro atoms. The first-order valence-corrected chi connectivity index (χ1v) is 13.1. The van der Waals surface area contributed by atoms with Crippen molar-refractivity contribution in [3.05, 3.63) is 100 Å². The van der Waals surface area contributed by atoms with Crippen molar-refractivity contribution in [3.63, 3.8) is 0 Å². The van der Waals surface area contributed by atoms with E-state index in [1.54, 1.807) is 16.7 Å². The van der Waals surface area contributed by atoms with Gasteiger partial charge in [-0.05, 0) is 55.9 Å². The normalized spacial score (nSPS) is 14.2. The molecule has 3 aromatic carbocycles. The molecule has 1 aromatic heterocycles. The number of benzene rings is 3. The molecule has 194 valence electrons. The third kappa shape index (κ3) is 5.49. The summed E-state index contributed by atoms with van der Waals surface area (Å²) in [5, 5.41) is 9.86. The van der Waals surface area contributed by atoms with E-state index in [2.05, 4.69) is 22.0 Å². The highest BCUT2D eigenvalue weighted by Crippen LogP contribution is 2.41. The summed E-state index contributed by atoms with van der Waals surface area (Å²) in [7, 11) is 2.11. The van der Waals surface area contributed by atoms with E-state index in [0.717, 1.165) is 49.0 Å². The Kier molecular flexibility index (Phi) is 7.86. The summed E-state index contributed by atoms with van der Waals surface area (Å²) in [5.74, 6) is 1.49. The predicted octanol–water partition coefficient (Wildman–Crippen LogP) is 6.72. The topological polar surface area (TPSA) is 62.4 Å². The van der Waals surface area contributed by atoms with Crippen LogP contribution in [0.15, 0.2) is 100.0 Å². The van der Waals surface area contributed by atoms with Gasteiger partial charge in [-0.3, -0.25) is 9.36 Å². The summed E-state index contributed by atoms with van der Waals surface area (Å²) < 4.78 is 7.38. The number of aromatic nitrogens is 1. The monoisotopic (exact) mass is 527 g/mol. The molecule has 5 rings (SSSR count). The molecule has 0 aliphatic carbocycles. The van der Waals surface area contributed by atoms with Gasteiger partial charge in [-0.1, -0.05) is 54.1 Å². The van der Waals surface area contributed by atoms with Crippen molar-refractivity contribution in [1.82, 2.24) is 9.47 Å². The van der Waals surface area contributed by atoms with Crippen LogP contribution >= 0.6 is 11.6 Å². The number of para-hydroxylation sites is 1. The predicted molar refractivity (Wildman–Crippen MR) is 154 cm³/mol. The van der Waals surface area contributed by atoms with E-state index < -0.39 is 0 Å². The molecule has 0 amide bonds. The lowest BCUT2D eigenvalue weighted by Gasteiger charge is -2.36. The molecule has 0 radical (unpaired) electrons. The average Bonchev–Trinajstić information content (AvgIpc) is 2.94. The lowest BCUT2D eigenvalue weighted by atomic mass is 10.0. The van der Waals surface area contributed by atoms with E-state index in [9.17, 15) is 4.79 Å². The number of rotatable bonds is 7. The lowest BCUT2D eigenvalue weighted by Crippen LogP contribution is -2.46. The van der Waals surface area contributed by atoms with Gasteiger partial charge in [-0.25, -0.2) is 0 Å². The van der Waals surface area contributed by atoms with Crippen molar-refractivity contribution >= 4 is 28.8 Å². The molecule has 4 aromatic rings. The summed E-state index contributed by atoms with van der Waals surface area (Å²) >= 11 is 6.41. The van der Waals surface area contributed by atoms with Gasteiger partial charge in [0.25, 0.3) is 5.56 Å². The summed E-state index contributed by atoms with van der Waals surface area (Å²) in [6.07, 6.45) is 0. The van der Waals surface area contributed by atoms with Gasteiger partial charge >= 0.3 is 0 Å². The fourth-order valence-electron chi connectivity index (χ4n) is 4.58. The van der Waals surface area contributed by atoms with E-state index in [4.69, 9.17) is 21.5 Å². The minimum atomic E-state index is -0.134. The number of pyridine rings is 1. The van der Waals surface area contributed by atoms with Gasteiger partial charge in [0.15, 0.2) is 0 Å². The van der Waals surface area contributed by atoms with E-state index in [-0.39, 0.29) is 5.56 Å². The number of piperazine rings is 1. The number of halogens is 1. The van der Waals surface area contributed by atoms with Gasteiger partial charge in [0.05, 0.1) is 17.3 Å². The fraction of sp³-hybridized carbons (Fsp3) is 0.233. The molecule has 1 saturated heterocycles. The number of azo groups is 1. The highest BCUT2D eigenvalue weighted by atomic mass is 35.5. The van der Waals surface area contributed by atoms with Crippen LogP contribution in [0.25, 0.3) is 16.8 Å². The van der Waals surface area contributed by atoms with Crippen LogP contribution in [0.1, 0.15) is 6.92 Å². The third-order valence-corrected chi connectivity index (χ3v) is 6.89. The van der Waals surface area contributed by atoms with Crippen LogP contribution in [-0.2, 0) is 0 Å². The molecule has 1 fully saturated rings. The first-order chi connectivity index (χ1) is 18.5. The molecule has 0 unspecified atom stereocenters. The molecule has 1 aliphatic rings. The van der Waals surface area contributed by atoms with Gasteiger partial charge in [0, 0.05) is 37.8 Å². The summed E-state index contributed by atoms with van der Waals surface area (Å²) in [4.78, 5) is 18.3. The molecule has 38 heavy (non-hydrogen) atoms. The van der Waals surface area contributed by atoms with Crippen LogP contribution in [0.5, 0.6) is 5.75 Å². The Bertz CT molecular complexity index is 1480. The summed E-state index contributed by atoms with van der Waals surface area (Å²) in [6.45, 7) is 5.78. The fourth-order valence-corrected chi connectivity index (χ4v) is 4.75. The van der Waals surface area contributed by atoms with Crippen LogP contribution in [0.3, 0.4) is 0 Å². The quantitative estimate of drug-likeness (QED) is 0.250. The Balaban J connectivity index is 1.77. The van der Waals surface area contributed by atoms with Crippen LogP contribution < -0.4 is 15.2 Å². The number of hydrogen-bond donors (Lipinski definition) is 0. The Morgan fingerprint density at radius 1 is 0.868 bits per heavy atom. The van der Waals surface area contributed by atoms with Gasteiger partial charge in [0.1, 0.15) is 22.9 Å². The molecular weight excluding hydrogens is 498 g/mol. The van der Waals surface area contributed by atoms with Crippen molar-refractivity contribution in [2.45, 2.75) is 6.92 Å². The van der Waals surface area contributed by atoms with Gasteiger partial charge in [-0.15, -0.1) is 10.2 Å². The number of nitrogens with zero attached hydrogens (tertiary/aromatic N) is 5. The number of anilines is 1. The van der Waals surface area contributed by atoms with Crippen LogP contribution in [0, 0.1) is 0 Å². The maximum Gasteiger partial charge on any atom is 0.257 e. The third-order valence-electron chi connectivity index (χ3n) is 6.57. The molecule has 0 saturated carbocycles. The molecule has 0 bridgehead atoms. The van der Waals surface area contributed by atoms with E-state index in [1.807, 2.05) is 79.7 Å². The Hall–Kier alpha value is -3.94. The van der Waals surface area contributed by atoms with Crippen LogP contribution in [0.2, 0.25) is 5.02 Å². The summed E-state index contributed by atoms with van der Waals surface area (Å²) in [5.41, 5.74) is 3.38. The second kappa shape index (κ2) is 11.6. The van der Waals surface area contributed by atoms with Crippen molar-refractivity contribution < 1.29 is 4.74 Å². The average molecular weight is 528 g/mol. The lowest BCUT2D eigenvalue weighted by molar-refractivity contribution is 0.311. The summed E-state index contributed by atoms with van der Waals surface area (Å²) in [6, 6.07) is 26.4. The molecule has 0 atom stereocenters. The molecular formula is C30H30ClN5O2. The van der Waals surface area contributed by atoms with Crippen molar-refractivity contribution in [1.29, 1.82) is 0 Å². The van der Waals surface area contributed by atoms with Crippen molar-refractivity contribution in [2.24, 2.45) is 10.2 Å². The second-order valence-electron chi connectivity index (χ2n) is 9.14. The van der Waals surface area contributed by atoms with Crippen LogP contribution in [-0.4, -0.2) is 49.3 Å². The second-order valence-corrected chi connectivity index (χ2v) is 9.55. The zero-order valence-electron chi connectivity index (χ0n) is 21.5. The number of hydrogen-bond acceptors (Lipinski definition) is 6. The maximum atomic E-state index is 13.8. The van der Waals surface area contributed by atoms with Gasteiger partial charge in [0.2, 0.25) is 0 Å². The largest absolute Gasteiger partial charge is 0.494 e. The minimum Gasteiger partial charge on any atom is -0.494 e. The van der Waals surface area contributed by atoms with Gasteiger partial charge in [-0.2, -0.15) is 0 Å². The van der Waals surface area contributed by atoms with E-state index in [1.165, 1.54) is 0 Å². The zero-order chi connectivity index (χ0) is 26.5. The molecule has 0 N–H and O–H groups in total. The Labute approximate surface area is 227 Å².